The van der Waals surface area contributed by atoms with Crippen LogP contribution in [0.25, 0.3) is 142 Å². The zero-order valence-electron chi connectivity index (χ0n) is 82.9. The Kier molecular flexibility index (Phi) is 24.9. The van der Waals surface area contributed by atoms with Gasteiger partial charge in [0.2, 0.25) is 0 Å². The van der Waals surface area contributed by atoms with Crippen LogP contribution in [0.15, 0.2) is 510 Å². The first-order chi connectivity index (χ1) is 72.8. The maximum atomic E-state index is 2.41. The van der Waals surface area contributed by atoms with Crippen molar-refractivity contribution in [1.29, 1.82) is 0 Å². The van der Waals surface area contributed by atoms with Crippen molar-refractivity contribution in [1.82, 2.24) is 0 Å². The summed E-state index contributed by atoms with van der Waals surface area (Å²) < 4.78 is 2.64. The van der Waals surface area contributed by atoms with E-state index >= 15 is 0 Å². The Balaban J connectivity index is 0.000000112. The lowest BCUT2D eigenvalue weighted by atomic mass is 9.83. The van der Waals surface area contributed by atoms with Crippen molar-refractivity contribution >= 4 is 104 Å². The minimum atomic E-state index is 0.768. The maximum absolute atomic E-state index is 2.41. The van der Waals surface area contributed by atoms with Crippen LogP contribution in [0.3, 0.4) is 0 Å². The lowest BCUT2D eigenvalue weighted by Gasteiger charge is -2.28. The first-order valence-electron chi connectivity index (χ1n) is 53.4. The average Bonchev–Trinajstić information content (AvgIpc) is 1.44. The van der Waals surface area contributed by atoms with Gasteiger partial charge in [-0.3, -0.25) is 0 Å². The fraction of sp³-hybridized carbons (Fsp3) is 0.147. The predicted molar refractivity (Wildman–Crippen MR) is 625 cm³/mol. The van der Waals surface area contributed by atoms with E-state index in [0.717, 1.165) is 98.8 Å². The molecule has 0 saturated heterocycles. The van der Waals surface area contributed by atoms with Crippen molar-refractivity contribution in [2.45, 2.75) is 94.8 Å². The highest BCUT2D eigenvalue weighted by atomic mass is 32.1. The Bertz CT molecular complexity index is 8390. The van der Waals surface area contributed by atoms with E-state index in [2.05, 4.69) is 524 Å². The zero-order valence-corrected chi connectivity index (χ0v) is 83.7. The first kappa shape index (κ1) is 90.7. The number of thiophene rings is 1. The molecule has 3 nitrogen and oxygen atoms in total. The van der Waals surface area contributed by atoms with E-state index in [4.69, 9.17) is 0 Å². The van der Waals surface area contributed by atoms with Gasteiger partial charge in [-0.25, -0.2) is 0 Å². The molecule has 0 aliphatic heterocycles. The van der Waals surface area contributed by atoms with Crippen LogP contribution in [0.1, 0.15) is 111 Å². The molecule has 1 aromatic heterocycles. The van der Waals surface area contributed by atoms with Crippen LogP contribution < -0.4 is 14.7 Å². The van der Waals surface area contributed by atoms with Crippen molar-refractivity contribution in [2.75, 3.05) is 14.7 Å². The van der Waals surface area contributed by atoms with Crippen LogP contribution >= 0.6 is 11.3 Å². The van der Waals surface area contributed by atoms with Crippen LogP contribution in [-0.2, 0) is 0 Å². The highest BCUT2D eigenvalue weighted by Gasteiger charge is 2.43. The van der Waals surface area contributed by atoms with Gasteiger partial charge in [0.1, 0.15) is 0 Å². The molecule has 9 unspecified atom stereocenters. The number of fused-ring (bicyclic) bond motifs is 11. The number of hydrogen-bond donors (Lipinski definition) is 0. The number of anilines is 9. The van der Waals surface area contributed by atoms with Crippen LogP contribution in [0.2, 0.25) is 0 Å². The van der Waals surface area contributed by atoms with Gasteiger partial charge in [0.15, 0.2) is 0 Å². The second-order valence-corrected chi connectivity index (χ2v) is 43.1. The Hall–Kier alpha value is -16.2. The zero-order chi connectivity index (χ0) is 97.5. The molecule has 1 heterocycles. The van der Waals surface area contributed by atoms with Gasteiger partial charge in [0, 0.05) is 70.9 Å². The van der Waals surface area contributed by atoms with Gasteiger partial charge < -0.3 is 14.7 Å². The van der Waals surface area contributed by atoms with Crippen LogP contribution in [0, 0.1) is 35.5 Å². The standard InChI is InChI=1S/C49H39NS.2C47H39N/c1-2-8-36(9-3-1)43-10-4-5-11-44(43)37-22-26-41(27-23-37)50(42-28-29-49-47(32-42)45-12-6-7-13-48(45)51-49)40-24-20-35(21-25-40)34-16-18-38(19-17-34)46-31-33-14-15-39(46)30-33;1-3-9-34(10-4-1)36-21-25-41(26-22-36)48(47-30-29-43(38-11-5-2-6-12-38)44-13-7-8-14-45(44)47)42-27-23-37(24-28-42)35-17-19-39(20-18-35)46-32-33-15-16-40(46)31-33;1-2-9-37(10-3-1)45-14-6-7-16-47(45)48(42-29-25-38(26-30-42)44-15-8-12-36-11-4-5-13-43(36)44)41-27-23-35(24-28-41)34-19-21-39(22-20-34)46-32-33-17-18-40(46)31-33/h1-13,16-29,32-33,39,46H,14-15,30-31H2;1-14,17-30,33,40,46H,15-16,31-32H2;1-16,19-30,33,40,46H,17-18,31-32H2. The smallest absolute Gasteiger partial charge is 0.0540 e. The Labute approximate surface area is 869 Å². The number of para-hydroxylation sites is 1. The van der Waals surface area contributed by atoms with Crippen molar-refractivity contribution in [3.63, 3.8) is 0 Å². The molecule has 6 aliphatic carbocycles. The predicted octanol–water partition coefficient (Wildman–Crippen LogP) is 40.9. The van der Waals surface area contributed by atoms with Crippen molar-refractivity contribution in [3.05, 3.63) is 526 Å². The van der Waals surface area contributed by atoms with Crippen molar-refractivity contribution < 1.29 is 0 Å². The quantitative estimate of drug-likeness (QED) is 0.0710. The number of hydrogen-bond acceptors (Lipinski definition) is 4. The molecule has 0 amide bonds. The third kappa shape index (κ3) is 18.3. The summed E-state index contributed by atoms with van der Waals surface area (Å²) in [6.45, 7) is 0. The molecule has 28 rings (SSSR count). The van der Waals surface area contributed by atoms with Gasteiger partial charge in [-0.05, 0) is 348 Å². The fourth-order valence-corrected chi connectivity index (χ4v) is 27.4. The lowest BCUT2D eigenvalue weighted by molar-refractivity contribution is 0.420. The second kappa shape index (κ2) is 40.4. The molecule has 9 atom stereocenters. The molecule has 0 N–H and O–H groups in total. The van der Waals surface area contributed by atoms with Gasteiger partial charge in [-0.2, -0.15) is 0 Å². The molecule has 0 spiro atoms. The topological polar surface area (TPSA) is 9.72 Å². The van der Waals surface area contributed by atoms with Crippen molar-refractivity contribution in [2.24, 2.45) is 35.5 Å². The molecular weight excluding hydrogens is 1790 g/mol. The van der Waals surface area contributed by atoms with E-state index in [0.29, 0.717) is 0 Å². The maximum Gasteiger partial charge on any atom is 0.0540 e. The van der Waals surface area contributed by atoms with E-state index in [-0.39, 0.29) is 0 Å². The highest BCUT2D eigenvalue weighted by molar-refractivity contribution is 7.25. The minimum Gasteiger partial charge on any atom is -0.310 e. The van der Waals surface area contributed by atoms with Gasteiger partial charge in [0.05, 0.1) is 11.4 Å². The lowest BCUT2D eigenvalue weighted by Crippen LogP contribution is -2.11. The minimum absolute atomic E-state index is 0.768. The largest absolute Gasteiger partial charge is 0.310 e. The molecule has 6 bridgehead atoms. The number of benzene rings is 21. The summed E-state index contributed by atoms with van der Waals surface area (Å²) in [5, 5.41) is 7.64. The van der Waals surface area contributed by atoms with E-state index < -0.39 is 0 Å². The van der Waals surface area contributed by atoms with Gasteiger partial charge in [-0.15, -0.1) is 11.3 Å². The van der Waals surface area contributed by atoms with E-state index in [1.807, 2.05) is 11.3 Å². The van der Waals surface area contributed by atoms with E-state index in [9.17, 15) is 0 Å². The molecule has 147 heavy (non-hydrogen) atoms. The number of nitrogens with zero attached hydrogens (tertiary/aromatic N) is 3. The van der Waals surface area contributed by atoms with Crippen LogP contribution in [0.5, 0.6) is 0 Å². The third-order valence-electron chi connectivity index (χ3n) is 33.6. The van der Waals surface area contributed by atoms with E-state index in [1.165, 1.54) is 225 Å². The normalized spacial score (nSPS) is 18.2. The van der Waals surface area contributed by atoms with Gasteiger partial charge in [0.25, 0.3) is 0 Å². The van der Waals surface area contributed by atoms with Crippen molar-refractivity contribution in [3.8, 4) is 100 Å². The first-order valence-corrected chi connectivity index (χ1v) is 54.3. The van der Waals surface area contributed by atoms with Crippen LogP contribution in [-0.4, -0.2) is 0 Å². The molecule has 22 aromatic rings. The summed E-state index contributed by atoms with van der Waals surface area (Å²) >= 11 is 1.87. The molecule has 6 fully saturated rings. The molecule has 0 radical (unpaired) electrons. The highest BCUT2D eigenvalue weighted by Crippen LogP contribution is 2.57. The summed E-state index contributed by atoms with van der Waals surface area (Å²) in [5.41, 5.74) is 37.3. The summed E-state index contributed by atoms with van der Waals surface area (Å²) in [6.07, 6.45) is 17.1. The Morgan fingerprint density at radius 1 is 0.163 bits per heavy atom. The summed E-state index contributed by atoms with van der Waals surface area (Å²) in [5.74, 6) is 7.94. The molecule has 21 aromatic carbocycles. The average molecular weight is 1910 g/mol. The molecule has 710 valence electrons. The number of rotatable bonds is 21. The van der Waals surface area contributed by atoms with Gasteiger partial charge in [-0.1, -0.05) is 420 Å². The van der Waals surface area contributed by atoms with E-state index in [1.54, 1.807) is 16.7 Å². The third-order valence-corrected chi connectivity index (χ3v) is 34.7. The van der Waals surface area contributed by atoms with Gasteiger partial charge >= 0.3 is 0 Å². The SMILES string of the molecule is c1ccc(-c2ccc(N(c3ccc(-c4ccc(C5CC6CCC5C6)cc4)cc3)c3ccc(-c4ccccc4)c4ccccc34)cc2)cc1.c1ccc(-c2ccccc2-c2ccc(N(c3ccc(-c4ccc(C5CC6CCC5C6)cc4)cc3)c3ccc4sc5ccccc5c4c3)cc2)cc1.c1ccc(-c2ccccc2N(c2ccc(-c3ccc(C4CC5CCC4C5)cc3)cc2)c2ccc(-c3cccc4ccccc34)cc2)cc1. The summed E-state index contributed by atoms with van der Waals surface area (Å²) in [4.78, 5) is 7.21. The molecule has 6 saturated carbocycles. The fourth-order valence-electron chi connectivity index (χ4n) is 26.3. The van der Waals surface area contributed by atoms with Crippen LogP contribution in [0.4, 0.5) is 51.2 Å². The Morgan fingerprint density at radius 3 is 0.891 bits per heavy atom. The molecular formula is C143H117N3S. The second-order valence-electron chi connectivity index (χ2n) is 42.0. The summed E-state index contributed by atoms with van der Waals surface area (Å²) in [6, 6.07) is 187. The monoisotopic (exact) mass is 1910 g/mol. The Morgan fingerprint density at radius 2 is 0.456 bits per heavy atom. The molecule has 4 heteroatoms. The molecule has 6 aliphatic rings. The summed E-state index contributed by atoms with van der Waals surface area (Å²) in [7, 11) is 0.